The van der Waals surface area contributed by atoms with Gasteiger partial charge in [-0.1, -0.05) is 13.3 Å². The molecule has 1 heterocycles. The fourth-order valence-electron chi connectivity index (χ4n) is 2.33. The number of nitrogens with zero attached hydrogens (tertiary/aromatic N) is 2. The van der Waals surface area contributed by atoms with Crippen LogP contribution in [0.3, 0.4) is 0 Å². The van der Waals surface area contributed by atoms with Crippen LogP contribution in [0.5, 0.6) is 0 Å². The van der Waals surface area contributed by atoms with E-state index in [0.717, 1.165) is 18.1 Å². The van der Waals surface area contributed by atoms with Gasteiger partial charge in [0.2, 0.25) is 5.95 Å². The van der Waals surface area contributed by atoms with Crippen LogP contribution in [0.25, 0.3) is 0 Å². The summed E-state index contributed by atoms with van der Waals surface area (Å²) >= 11 is 0. The molecule has 4 N–H and O–H groups in total. The van der Waals surface area contributed by atoms with Crippen LogP contribution in [0.2, 0.25) is 0 Å². The molecule has 1 fully saturated rings. The molecule has 1 aromatic rings. The van der Waals surface area contributed by atoms with E-state index in [1.54, 1.807) is 0 Å². The molecule has 1 aliphatic carbocycles. The predicted octanol–water partition coefficient (Wildman–Crippen LogP) is 2.06. The van der Waals surface area contributed by atoms with E-state index in [1.807, 2.05) is 13.0 Å². The summed E-state index contributed by atoms with van der Waals surface area (Å²) in [6.45, 7) is 5.19. The van der Waals surface area contributed by atoms with Crippen molar-refractivity contribution in [3.63, 3.8) is 0 Å². The largest absolute Gasteiger partial charge is 0.369 e. The van der Waals surface area contributed by atoms with Gasteiger partial charge in [0.25, 0.3) is 0 Å². The Bertz CT molecular complexity index is 381. The van der Waals surface area contributed by atoms with Gasteiger partial charge in [-0.05, 0) is 31.6 Å². The van der Waals surface area contributed by atoms with Crippen LogP contribution in [-0.2, 0) is 0 Å². The van der Waals surface area contributed by atoms with E-state index in [1.165, 1.54) is 25.7 Å². The lowest BCUT2D eigenvalue weighted by Crippen LogP contribution is -2.36. The van der Waals surface area contributed by atoms with Gasteiger partial charge in [-0.15, -0.1) is 0 Å². The maximum Gasteiger partial charge on any atom is 0.239 e. The summed E-state index contributed by atoms with van der Waals surface area (Å²) < 4.78 is 0. The Kier molecular flexibility index (Phi) is 3.47. The van der Waals surface area contributed by atoms with Gasteiger partial charge < -0.3 is 5.32 Å². The molecule has 0 unspecified atom stereocenters. The van der Waals surface area contributed by atoms with Crippen molar-refractivity contribution in [1.29, 1.82) is 0 Å². The summed E-state index contributed by atoms with van der Waals surface area (Å²) in [4.78, 5) is 8.45. The Morgan fingerprint density at radius 3 is 2.71 bits per heavy atom. The number of anilines is 2. The molecule has 0 aromatic carbocycles. The van der Waals surface area contributed by atoms with Crippen LogP contribution in [0.15, 0.2) is 6.07 Å². The Balaban J connectivity index is 2.01. The Labute approximate surface area is 102 Å². The van der Waals surface area contributed by atoms with E-state index >= 15 is 0 Å². The first-order valence-electron chi connectivity index (χ1n) is 6.24. The second-order valence-electron chi connectivity index (χ2n) is 4.92. The quantitative estimate of drug-likeness (QED) is 0.538. The number of aryl methyl sites for hydroxylation is 1. The van der Waals surface area contributed by atoms with Gasteiger partial charge in [-0.3, -0.25) is 5.43 Å². The number of hydrogen-bond acceptors (Lipinski definition) is 5. The molecule has 0 amide bonds. The number of hydrogen-bond donors (Lipinski definition) is 3. The average Bonchev–Trinajstić information content (AvgIpc) is 2.27. The minimum atomic E-state index is 0.464. The van der Waals surface area contributed by atoms with E-state index in [-0.39, 0.29) is 0 Å². The van der Waals surface area contributed by atoms with Crippen molar-refractivity contribution in [3.8, 4) is 0 Å². The lowest BCUT2D eigenvalue weighted by molar-refractivity contribution is 0.145. The fraction of sp³-hybridized carbons (Fsp3) is 0.667. The van der Waals surface area contributed by atoms with E-state index in [9.17, 15) is 0 Å². The number of rotatable bonds is 5. The first-order chi connectivity index (χ1) is 8.17. The molecule has 1 saturated carbocycles. The van der Waals surface area contributed by atoms with Gasteiger partial charge >= 0.3 is 0 Å². The van der Waals surface area contributed by atoms with Crippen molar-refractivity contribution in [2.75, 3.05) is 17.3 Å². The highest BCUT2D eigenvalue weighted by molar-refractivity contribution is 5.41. The summed E-state index contributed by atoms with van der Waals surface area (Å²) in [6, 6.07) is 1.95. The number of aromatic nitrogens is 2. The molecule has 0 bridgehead atoms. The summed E-state index contributed by atoms with van der Waals surface area (Å²) in [6.07, 6.45) is 5.23. The zero-order chi connectivity index (χ0) is 12.3. The molecular formula is C12H21N5. The molecule has 5 nitrogen and oxygen atoms in total. The number of nitrogens with one attached hydrogen (secondary N) is 2. The number of hydrazine groups is 1. The van der Waals surface area contributed by atoms with Crippen molar-refractivity contribution in [2.24, 2.45) is 11.3 Å². The smallest absolute Gasteiger partial charge is 0.239 e. The third-order valence-corrected chi connectivity index (χ3v) is 3.79. The van der Waals surface area contributed by atoms with Crippen LogP contribution in [0, 0.1) is 12.3 Å². The van der Waals surface area contributed by atoms with E-state index in [2.05, 4.69) is 27.6 Å². The molecule has 1 aromatic heterocycles. The maximum absolute atomic E-state index is 5.33. The van der Waals surface area contributed by atoms with Crippen LogP contribution >= 0.6 is 0 Å². The van der Waals surface area contributed by atoms with Crippen molar-refractivity contribution in [1.82, 2.24) is 9.97 Å². The number of nitrogen functional groups attached to an aromatic ring is 1. The highest BCUT2D eigenvalue weighted by Crippen LogP contribution is 2.43. The highest BCUT2D eigenvalue weighted by Gasteiger charge is 2.34. The standard InChI is InChI=1S/C12H21N5/c1-3-12(5-4-6-12)8-14-10-7-9(2)15-11(16-10)17-13/h7H,3-6,8,13H2,1-2H3,(H2,14,15,16,17). The van der Waals surface area contributed by atoms with Crippen LogP contribution in [-0.4, -0.2) is 16.5 Å². The van der Waals surface area contributed by atoms with Gasteiger partial charge in [0.15, 0.2) is 0 Å². The summed E-state index contributed by atoms with van der Waals surface area (Å²) in [5.74, 6) is 6.65. The van der Waals surface area contributed by atoms with Gasteiger partial charge in [-0.25, -0.2) is 10.8 Å². The second-order valence-corrected chi connectivity index (χ2v) is 4.92. The van der Waals surface area contributed by atoms with Crippen LogP contribution in [0.1, 0.15) is 38.3 Å². The van der Waals surface area contributed by atoms with E-state index in [0.29, 0.717) is 11.4 Å². The molecule has 0 saturated heterocycles. The molecule has 0 atom stereocenters. The number of nitrogens with two attached hydrogens (primary N) is 1. The molecule has 2 rings (SSSR count). The minimum absolute atomic E-state index is 0.464. The molecule has 1 aliphatic rings. The van der Waals surface area contributed by atoms with Crippen molar-refractivity contribution < 1.29 is 0 Å². The topological polar surface area (TPSA) is 75.9 Å². The third-order valence-electron chi connectivity index (χ3n) is 3.79. The maximum atomic E-state index is 5.33. The average molecular weight is 235 g/mol. The molecule has 0 aliphatic heterocycles. The Morgan fingerprint density at radius 1 is 1.41 bits per heavy atom. The molecular weight excluding hydrogens is 214 g/mol. The minimum Gasteiger partial charge on any atom is -0.369 e. The molecule has 5 heteroatoms. The predicted molar refractivity (Wildman–Crippen MR) is 69.6 cm³/mol. The van der Waals surface area contributed by atoms with E-state index in [4.69, 9.17) is 5.84 Å². The van der Waals surface area contributed by atoms with Gasteiger partial charge in [0, 0.05) is 18.3 Å². The lowest BCUT2D eigenvalue weighted by atomic mass is 9.67. The van der Waals surface area contributed by atoms with Crippen molar-refractivity contribution in [2.45, 2.75) is 39.5 Å². The lowest BCUT2D eigenvalue weighted by Gasteiger charge is -2.41. The van der Waals surface area contributed by atoms with Crippen LogP contribution in [0.4, 0.5) is 11.8 Å². The highest BCUT2D eigenvalue weighted by atomic mass is 15.3. The van der Waals surface area contributed by atoms with Gasteiger partial charge in [-0.2, -0.15) is 4.98 Å². The monoisotopic (exact) mass is 235 g/mol. The summed E-state index contributed by atoms with van der Waals surface area (Å²) in [5.41, 5.74) is 3.88. The molecule has 94 valence electrons. The molecule has 17 heavy (non-hydrogen) atoms. The first-order valence-corrected chi connectivity index (χ1v) is 6.24. The van der Waals surface area contributed by atoms with Gasteiger partial charge in [0.1, 0.15) is 5.82 Å². The summed E-state index contributed by atoms with van der Waals surface area (Å²) in [5, 5.41) is 3.41. The Morgan fingerprint density at radius 2 is 2.18 bits per heavy atom. The summed E-state index contributed by atoms with van der Waals surface area (Å²) in [7, 11) is 0. The SMILES string of the molecule is CCC1(CNc2cc(C)nc(NN)n2)CCC1. The van der Waals surface area contributed by atoms with Gasteiger partial charge in [0.05, 0.1) is 0 Å². The second kappa shape index (κ2) is 4.87. The normalized spacial score (nSPS) is 17.4. The third kappa shape index (κ3) is 2.66. The molecule has 0 radical (unpaired) electrons. The zero-order valence-electron chi connectivity index (χ0n) is 10.6. The van der Waals surface area contributed by atoms with Crippen molar-refractivity contribution in [3.05, 3.63) is 11.8 Å². The van der Waals surface area contributed by atoms with Crippen LogP contribution < -0.4 is 16.6 Å². The van der Waals surface area contributed by atoms with Crippen molar-refractivity contribution >= 4 is 11.8 Å². The van der Waals surface area contributed by atoms with E-state index < -0.39 is 0 Å². The fourth-order valence-corrected chi connectivity index (χ4v) is 2.33. The Hall–Kier alpha value is -1.36. The first kappa shape index (κ1) is 12.1. The molecule has 0 spiro atoms. The zero-order valence-corrected chi connectivity index (χ0v) is 10.6.